The van der Waals surface area contributed by atoms with E-state index in [0.717, 1.165) is 57.8 Å². The number of aliphatic hydroxyl groups is 1. The molecule has 3 atom stereocenters. The van der Waals surface area contributed by atoms with Crippen molar-refractivity contribution in [3.05, 3.63) is 72.9 Å². The lowest BCUT2D eigenvalue weighted by Gasteiger charge is -2.25. The summed E-state index contributed by atoms with van der Waals surface area (Å²) in [4.78, 5) is 23.3. The van der Waals surface area contributed by atoms with E-state index in [9.17, 15) is 19.4 Å². The van der Waals surface area contributed by atoms with Crippen molar-refractivity contribution in [3.8, 4) is 0 Å². The fourth-order valence-electron chi connectivity index (χ4n) is 8.79. The molecule has 0 aromatic heterocycles. The number of nitrogens with one attached hydrogen (secondary N) is 1. The molecule has 0 spiro atoms. The molecule has 0 fully saturated rings. The van der Waals surface area contributed by atoms with Gasteiger partial charge in [-0.1, -0.05) is 260 Å². The van der Waals surface area contributed by atoms with Gasteiger partial charge in [0.1, 0.15) is 13.2 Å². The van der Waals surface area contributed by atoms with Crippen LogP contribution in [0.1, 0.15) is 277 Å². The summed E-state index contributed by atoms with van der Waals surface area (Å²) in [7, 11) is 1.55. The molecule has 426 valence electrons. The Morgan fingerprint density at radius 2 is 0.795 bits per heavy atom. The van der Waals surface area contributed by atoms with Gasteiger partial charge >= 0.3 is 7.82 Å². The summed E-state index contributed by atoms with van der Waals surface area (Å²) < 4.78 is 23.7. The number of quaternary nitrogens is 1. The zero-order valence-corrected chi connectivity index (χ0v) is 49.5. The average Bonchev–Trinajstić information content (AvgIpc) is 3.35. The summed E-state index contributed by atoms with van der Waals surface area (Å²) in [5.41, 5.74) is 0. The molecule has 0 saturated heterocycles. The van der Waals surface area contributed by atoms with E-state index >= 15 is 0 Å². The van der Waals surface area contributed by atoms with E-state index in [4.69, 9.17) is 9.05 Å². The fourth-order valence-corrected chi connectivity index (χ4v) is 9.52. The molecule has 0 rings (SSSR count). The first-order valence-electron chi connectivity index (χ1n) is 30.8. The fraction of sp³-hybridized carbons (Fsp3) is 0.797. The zero-order chi connectivity index (χ0) is 53.5. The standard InChI is InChI=1S/C64H119N2O6P/c1-6-8-10-12-14-16-18-20-22-24-26-28-30-31-32-33-34-35-36-38-40-42-44-46-48-50-52-54-56-58-64(68)65-62(61-72-73(69,70)71-60-59-66(3,4)5)63(67)57-55-53-51-49-47-45-43-41-39-37-29-27-25-23-21-19-17-15-13-11-9-7-2/h18,20,24,26,30-31,39,41,47,49,55,57,62-63,67H,6-17,19,21-23,25,27-29,32-38,40,42-46,48,50-54,56,58-61H2,1-5H3,(H-,65,68,69,70)/p+1/b20-18-,26-24-,31-30-,41-39+,49-47+,57-55+. The minimum absolute atomic E-state index is 0.0515. The van der Waals surface area contributed by atoms with Crippen LogP contribution in [0.15, 0.2) is 72.9 Å². The number of carbonyl (C=O) groups is 1. The number of carbonyl (C=O) groups excluding carboxylic acids is 1. The number of hydrogen-bond acceptors (Lipinski definition) is 5. The van der Waals surface area contributed by atoms with Crippen molar-refractivity contribution < 1.29 is 32.9 Å². The van der Waals surface area contributed by atoms with Gasteiger partial charge in [-0.25, -0.2) is 4.57 Å². The Labute approximate surface area is 453 Å². The molecule has 1 amide bonds. The summed E-state index contributed by atoms with van der Waals surface area (Å²) in [6, 6.07) is -0.874. The lowest BCUT2D eigenvalue weighted by Crippen LogP contribution is -2.45. The number of phosphoric acid groups is 1. The minimum atomic E-state index is -4.36. The van der Waals surface area contributed by atoms with Gasteiger partial charge in [0.15, 0.2) is 0 Å². The number of amides is 1. The highest BCUT2D eigenvalue weighted by atomic mass is 31.2. The highest BCUT2D eigenvalue weighted by Gasteiger charge is 2.27. The Morgan fingerprint density at radius 1 is 0.466 bits per heavy atom. The molecule has 0 saturated carbocycles. The zero-order valence-electron chi connectivity index (χ0n) is 48.6. The second kappa shape index (κ2) is 54.7. The summed E-state index contributed by atoms with van der Waals surface area (Å²) >= 11 is 0. The van der Waals surface area contributed by atoms with E-state index in [2.05, 4.69) is 79.9 Å². The van der Waals surface area contributed by atoms with Crippen molar-refractivity contribution in [3.63, 3.8) is 0 Å². The Morgan fingerprint density at radius 3 is 1.19 bits per heavy atom. The van der Waals surface area contributed by atoms with Gasteiger partial charge < -0.3 is 19.8 Å². The Balaban J connectivity index is 4.22. The third-order valence-electron chi connectivity index (χ3n) is 13.6. The lowest BCUT2D eigenvalue weighted by molar-refractivity contribution is -0.870. The van der Waals surface area contributed by atoms with Crippen LogP contribution in [0.3, 0.4) is 0 Å². The number of allylic oxidation sites excluding steroid dienone is 11. The molecule has 0 aliphatic rings. The lowest BCUT2D eigenvalue weighted by atomic mass is 10.0. The molecule has 73 heavy (non-hydrogen) atoms. The van der Waals surface area contributed by atoms with Crippen LogP contribution in [-0.4, -0.2) is 73.4 Å². The van der Waals surface area contributed by atoms with Crippen molar-refractivity contribution in [1.82, 2.24) is 5.32 Å². The summed E-state index contributed by atoms with van der Waals surface area (Å²) in [5, 5.41) is 13.9. The van der Waals surface area contributed by atoms with E-state index < -0.39 is 20.0 Å². The van der Waals surface area contributed by atoms with Crippen LogP contribution in [0.25, 0.3) is 0 Å². The minimum Gasteiger partial charge on any atom is -0.387 e. The van der Waals surface area contributed by atoms with Crippen LogP contribution in [0, 0.1) is 0 Å². The van der Waals surface area contributed by atoms with Crippen molar-refractivity contribution in [2.24, 2.45) is 0 Å². The largest absolute Gasteiger partial charge is 0.472 e. The number of phosphoric ester groups is 1. The monoisotopic (exact) mass is 1040 g/mol. The number of likely N-dealkylation sites (N-methyl/N-ethyl adjacent to an activating group) is 1. The molecule has 9 heteroatoms. The molecule has 0 aliphatic carbocycles. The second-order valence-electron chi connectivity index (χ2n) is 22.1. The van der Waals surface area contributed by atoms with Gasteiger partial charge in [0.2, 0.25) is 5.91 Å². The highest BCUT2D eigenvalue weighted by Crippen LogP contribution is 2.43. The van der Waals surface area contributed by atoms with Gasteiger partial charge in [-0.2, -0.15) is 0 Å². The first-order valence-corrected chi connectivity index (χ1v) is 32.3. The van der Waals surface area contributed by atoms with E-state index in [1.165, 1.54) is 199 Å². The molecular weight excluding hydrogens is 924 g/mol. The topological polar surface area (TPSA) is 105 Å². The first kappa shape index (κ1) is 70.9. The molecule has 0 aromatic rings. The van der Waals surface area contributed by atoms with E-state index in [-0.39, 0.29) is 19.1 Å². The predicted octanol–water partition coefficient (Wildman–Crippen LogP) is 19.0. The van der Waals surface area contributed by atoms with Crippen LogP contribution < -0.4 is 5.32 Å². The Bertz CT molecular complexity index is 1420. The molecule has 0 radical (unpaired) electrons. The van der Waals surface area contributed by atoms with E-state index in [1.807, 2.05) is 27.2 Å². The van der Waals surface area contributed by atoms with E-state index in [0.29, 0.717) is 17.4 Å². The smallest absolute Gasteiger partial charge is 0.387 e. The van der Waals surface area contributed by atoms with Gasteiger partial charge in [0, 0.05) is 6.42 Å². The number of nitrogens with zero attached hydrogens (tertiary/aromatic N) is 1. The van der Waals surface area contributed by atoms with Crippen LogP contribution in [0.2, 0.25) is 0 Å². The second-order valence-corrected chi connectivity index (χ2v) is 23.5. The molecule has 3 N–H and O–H groups in total. The van der Waals surface area contributed by atoms with Gasteiger partial charge in [0.25, 0.3) is 0 Å². The summed E-state index contributed by atoms with van der Waals surface area (Å²) in [6.07, 6.45) is 75.9. The predicted molar refractivity (Wildman–Crippen MR) is 318 cm³/mol. The number of aliphatic hydroxyl groups excluding tert-OH is 1. The number of hydrogen-bond donors (Lipinski definition) is 3. The maximum Gasteiger partial charge on any atom is 0.472 e. The van der Waals surface area contributed by atoms with Gasteiger partial charge in [-0.3, -0.25) is 13.8 Å². The molecule has 3 unspecified atom stereocenters. The van der Waals surface area contributed by atoms with Crippen molar-refractivity contribution in [2.75, 3.05) is 40.9 Å². The molecular formula is C64H120N2O6P+. The third kappa shape index (κ3) is 57.5. The van der Waals surface area contributed by atoms with Crippen LogP contribution in [-0.2, 0) is 18.4 Å². The van der Waals surface area contributed by atoms with Crippen LogP contribution >= 0.6 is 7.82 Å². The number of unbranched alkanes of at least 4 members (excludes halogenated alkanes) is 33. The SMILES string of the molecule is CCCCCCC/C=C\C/C=C\C/C=C\CCCCCCCCCCCCCCCCC(=O)NC(COP(=O)(O)OCC[N+](C)(C)C)C(O)/C=C/CC/C=C/CC/C=C/CCCCCCCCCCCCCC. The third-order valence-corrected chi connectivity index (χ3v) is 14.6. The molecule has 0 aromatic carbocycles. The van der Waals surface area contributed by atoms with Crippen molar-refractivity contribution in [2.45, 2.75) is 289 Å². The Hall–Kier alpha value is -2.06. The Kier molecular flexibility index (Phi) is 53.2. The van der Waals surface area contributed by atoms with Gasteiger partial charge in [-0.15, -0.1) is 0 Å². The maximum atomic E-state index is 13.0. The molecule has 0 bridgehead atoms. The first-order chi connectivity index (χ1) is 35.5. The van der Waals surface area contributed by atoms with Crippen molar-refractivity contribution >= 4 is 13.7 Å². The molecule has 0 aliphatic heterocycles. The summed E-state index contributed by atoms with van der Waals surface area (Å²) in [5.74, 6) is -0.191. The summed E-state index contributed by atoms with van der Waals surface area (Å²) in [6.45, 7) is 4.79. The van der Waals surface area contributed by atoms with Crippen LogP contribution in [0.5, 0.6) is 0 Å². The quantitative estimate of drug-likeness (QED) is 0.0243. The van der Waals surface area contributed by atoms with Crippen LogP contribution in [0.4, 0.5) is 0 Å². The molecule has 0 heterocycles. The molecule has 8 nitrogen and oxygen atoms in total. The van der Waals surface area contributed by atoms with Crippen molar-refractivity contribution in [1.29, 1.82) is 0 Å². The average molecular weight is 1040 g/mol. The highest BCUT2D eigenvalue weighted by molar-refractivity contribution is 7.47. The van der Waals surface area contributed by atoms with Gasteiger partial charge in [0.05, 0.1) is 39.9 Å². The van der Waals surface area contributed by atoms with E-state index in [1.54, 1.807) is 6.08 Å². The number of rotatable bonds is 56. The maximum absolute atomic E-state index is 13.0. The van der Waals surface area contributed by atoms with Gasteiger partial charge in [-0.05, 0) is 83.5 Å². The normalized spacial score (nSPS) is 14.3.